The first-order valence-electron chi connectivity index (χ1n) is 11.2. The molecule has 1 unspecified atom stereocenters. The van der Waals surface area contributed by atoms with Gasteiger partial charge in [-0.15, -0.1) is 0 Å². The Kier molecular flexibility index (Phi) is 6.74. The number of benzene rings is 2. The third kappa shape index (κ3) is 5.23. The van der Waals surface area contributed by atoms with Crippen molar-refractivity contribution in [2.24, 2.45) is 5.92 Å². The summed E-state index contributed by atoms with van der Waals surface area (Å²) in [4.78, 5) is 14.1. The van der Waals surface area contributed by atoms with Crippen LogP contribution in [0.5, 0.6) is 0 Å². The first-order valence-corrected chi connectivity index (χ1v) is 11.2. The highest BCUT2D eigenvalue weighted by Crippen LogP contribution is 2.24. The topological polar surface area (TPSA) is 114 Å². The Morgan fingerprint density at radius 2 is 1.88 bits per heavy atom. The molecule has 0 bridgehead atoms. The van der Waals surface area contributed by atoms with E-state index in [0.717, 1.165) is 28.0 Å². The second kappa shape index (κ2) is 9.87. The van der Waals surface area contributed by atoms with Crippen molar-refractivity contribution in [2.75, 3.05) is 23.0 Å². The molecule has 0 radical (unpaired) electrons. The molecule has 0 aliphatic heterocycles. The van der Waals surface area contributed by atoms with Gasteiger partial charge < -0.3 is 26.0 Å². The minimum atomic E-state index is -0.159. The average molecular weight is 446 g/mol. The van der Waals surface area contributed by atoms with E-state index >= 15 is 0 Å². The van der Waals surface area contributed by atoms with Crippen molar-refractivity contribution in [1.82, 2.24) is 19.5 Å². The van der Waals surface area contributed by atoms with Gasteiger partial charge in [0.2, 0.25) is 5.95 Å². The average Bonchev–Trinajstić information content (AvgIpc) is 3.21. The molecule has 172 valence electrons. The van der Waals surface area contributed by atoms with Gasteiger partial charge in [0.05, 0.1) is 25.5 Å². The van der Waals surface area contributed by atoms with Crippen molar-refractivity contribution < 1.29 is 5.11 Å². The van der Waals surface area contributed by atoms with E-state index in [0.29, 0.717) is 30.4 Å². The maximum absolute atomic E-state index is 9.79. The summed E-state index contributed by atoms with van der Waals surface area (Å²) in [7, 11) is 0. The number of nitrogens with two attached hydrogens (primary N) is 1. The van der Waals surface area contributed by atoms with E-state index in [2.05, 4.69) is 33.8 Å². The summed E-state index contributed by atoms with van der Waals surface area (Å²) >= 11 is 0. The Morgan fingerprint density at radius 3 is 2.61 bits per heavy atom. The molecule has 2 heterocycles. The maximum Gasteiger partial charge on any atom is 0.227 e. The summed E-state index contributed by atoms with van der Waals surface area (Å²) in [6, 6.07) is 16.0. The second-order valence-corrected chi connectivity index (χ2v) is 8.66. The molecular formula is C25H31N7O. The maximum atomic E-state index is 9.79. The molecule has 0 aliphatic carbocycles. The SMILES string of the molecule is Cc1ccc(N)c(CNc2nc(NC(CO)C(C)C)nc3c2ncn3Cc2ccccc2)c1. The number of imidazole rings is 1. The van der Waals surface area contributed by atoms with Gasteiger partial charge in [-0.1, -0.05) is 61.9 Å². The lowest BCUT2D eigenvalue weighted by atomic mass is 10.1. The zero-order valence-electron chi connectivity index (χ0n) is 19.3. The summed E-state index contributed by atoms with van der Waals surface area (Å²) in [5.41, 5.74) is 11.6. The zero-order valence-corrected chi connectivity index (χ0v) is 19.3. The molecule has 4 aromatic rings. The van der Waals surface area contributed by atoms with Crippen LogP contribution in [0.4, 0.5) is 17.5 Å². The van der Waals surface area contributed by atoms with E-state index in [9.17, 15) is 5.11 Å². The van der Waals surface area contributed by atoms with Gasteiger partial charge in [0.1, 0.15) is 0 Å². The van der Waals surface area contributed by atoms with Gasteiger partial charge in [-0.2, -0.15) is 9.97 Å². The van der Waals surface area contributed by atoms with Crippen LogP contribution in [0.1, 0.15) is 30.5 Å². The largest absolute Gasteiger partial charge is 0.398 e. The molecule has 4 rings (SSSR count). The Labute approximate surface area is 193 Å². The number of rotatable bonds is 9. The van der Waals surface area contributed by atoms with Crippen molar-refractivity contribution >= 4 is 28.6 Å². The Bertz CT molecular complexity index is 1220. The lowest BCUT2D eigenvalue weighted by Crippen LogP contribution is -2.30. The molecule has 0 fully saturated rings. The number of nitrogen functional groups attached to an aromatic ring is 1. The van der Waals surface area contributed by atoms with Crippen LogP contribution in [0.15, 0.2) is 54.9 Å². The molecule has 0 spiro atoms. The zero-order chi connectivity index (χ0) is 23.4. The number of aromatic nitrogens is 4. The predicted octanol–water partition coefficient (Wildman–Crippen LogP) is 3.81. The van der Waals surface area contributed by atoms with E-state index in [1.54, 1.807) is 6.33 Å². The molecule has 8 heteroatoms. The van der Waals surface area contributed by atoms with E-state index in [1.165, 1.54) is 0 Å². The van der Waals surface area contributed by atoms with E-state index in [-0.39, 0.29) is 18.6 Å². The lowest BCUT2D eigenvalue weighted by molar-refractivity contribution is 0.248. The first-order chi connectivity index (χ1) is 15.9. The van der Waals surface area contributed by atoms with Crippen molar-refractivity contribution in [1.29, 1.82) is 0 Å². The van der Waals surface area contributed by atoms with Crippen LogP contribution in [0.25, 0.3) is 11.2 Å². The summed E-state index contributed by atoms with van der Waals surface area (Å²) in [6.07, 6.45) is 1.79. The number of hydrogen-bond donors (Lipinski definition) is 4. The summed E-state index contributed by atoms with van der Waals surface area (Å²) in [6.45, 7) is 7.28. The highest BCUT2D eigenvalue weighted by Gasteiger charge is 2.18. The molecular weight excluding hydrogens is 414 g/mol. The van der Waals surface area contributed by atoms with E-state index < -0.39 is 0 Å². The number of anilines is 3. The fraction of sp³-hybridized carbons (Fsp3) is 0.320. The molecule has 0 saturated heterocycles. The van der Waals surface area contributed by atoms with Crippen molar-refractivity contribution in [2.45, 2.75) is 39.9 Å². The van der Waals surface area contributed by atoms with Crippen LogP contribution in [-0.4, -0.2) is 37.3 Å². The van der Waals surface area contributed by atoms with E-state index in [4.69, 9.17) is 15.7 Å². The van der Waals surface area contributed by atoms with Gasteiger partial charge in [0.15, 0.2) is 17.0 Å². The van der Waals surface area contributed by atoms with Crippen LogP contribution in [0.2, 0.25) is 0 Å². The number of fused-ring (bicyclic) bond motifs is 1. The third-order valence-corrected chi connectivity index (χ3v) is 5.72. The third-order valence-electron chi connectivity index (χ3n) is 5.72. The Morgan fingerprint density at radius 1 is 1.09 bits per heavy atom. The summed E-state index contributed by atoms with van der Waals surface area (Å²) in [5, 5.41) is 16.5. The van der Waals surface area contributed by atoms with Gasteiger partial charge >= 0.3 is 0 Å². The quantitative estimate of drug-likeness (QED) is 0.290. The molecule has 1 atom stereocenters. The smallest absolute Gasteiger partial charge is 0.227 e. The van der Waals surface area contributed by atoms with Crippen LogP contribution < -0.4 is 16.4 Å². The van der Waals surface area contributed by atoms with Crippen LogP contribution in [0, 0.1) is 12.8 Å². The van der Waals surface area contributed by atoms with Crippen LogP contribution >= 0.6 is 0 Å². The predicted molar refractivity (Wildman–Crippen MR) is 133 cm³/mol. The van der Waals surface area contributed by atoms with Crippen LogP contribution in [-0.2, 0) is 13.1 Å². The van der Waals surface area contributed by atoms with Gasteiger partial charge in [0.25, 0.3) is 0 Å². The molecule has 8 nitrogen and oxygen atoms in total. The highest BCUT2D eigenvalue weighted by atomic mass is 16.3. The normalized spacial score (nSPS) is 12.3. The number of nitrogens with zero attached hydrogens (tertiary/aromatic N) is 4. The molecule has 2 aromatic heterocycles. The van der Waals surface area contributed by atoms with E-state index in [1.807, 2.05) is 55.7 Å². The molecule has 33 heavy (non-hydrogen) atoms. The van der Waals surface area contributed by atoms with Crippen LogP contribution in [0.3, 0.4) is 0 Å². The number of hydrogen-bond acceptors (Lipinski definition) is 7. The number of aliphatic hydroxyl groups excluding tert-OH is 1. The number of aryl methyl sites for hydroxylation is 1. The first kappa shape index (κ1) is 22.5. The summed E-state index contributed by atoms with van der Waals surface area (Å²) in [5.74, 6) is 1.28. The highest BCUT2D eigenvalue weighted by molar-refractivity contribution is 5.84. The minimum Gasteiger partial charge on any atom is -0.398 e. The van der Waals surface area contributed by atoms with Gasteiger partial charge in [-0.05, 0) is 30.0 Å². The number of nitrogens with one attached hydrogen (secondary N) is 2. The fourth-order valence-corrected chi connectivity index (χ4v) is 3.68. The van der Waals surface area contributed by atoms with Gasteiger partial charge in [-0.3, -0.25) is 0 Å². The molecule has 2 aromatic carbocycles. The van der Waals surface area contributed by atoms with Gasteiger partial charge in [0, 0.05) is 12.2 Å². The Hall–Kier alpha value is -3.65. The monoisotopic (exact) mass is 445 g/mol. The van der Waals surface area contributed by atoms with Crippen molar-refractivity contribution in [3.8, 4) is 0 Å². The standard InChI is InChI=1S/C25H31N7O/c1-16(2)21(14-33)29-25-30-23(27-12-19-11-17(3)9-10-20(19)26)22-24(31-25)32(15-28-22)13-18-7-5-4-6-8-18/h4-11,15-16,21,33H,12-14,26H2,1-3H3,(H2,27,29,30,31). The minimum absolute atomic E-state index is 0.00900. The van der Waals surface area contributed by atoms with Crippen molar-refractivity contribution in [3.05, 3.63) is 71.5 Å². The van der Waals surface area contributed by atoms with Crippen molar-refractivity contribution in [3.63, 3.8) is 0 Å². The summed E-state index contributed by atoms with van der Waals surface area (Å²) < 4.78 is 2.01. The molecule has 0 amide bonds. The molecule has 0 saturated carbocycles. The Balaban J connectivity index is 1.71. The lowest BCUT2D eigenvalue weighted by Gasteiger charge is -2.20. The molecule has 0 aliphatic rings. The van der Waals surface area contributed by atoms with Gasteiger partial charge in [-0.25, -0.2) is 4.98 Å². The molecule has 5 N–H and O–H groups in total. The second-order valence-electron chi connectivity index (χ2n) is 8.66. The number of aliphatic hydroxyl groups is 1. The fourth-order valence-electron chi connectivity index (χ4n) is 3.68.